The van der Waals surface area contributed by atoms with Gasteiger partial charge in [0.1, 0.15) is 0 Å². The Morgan fingerprint density at radius 3 is 1.38 bits per heavy atom. The van der Waals surface area contributed by atoms with Crippen LogP contribution in [-0.4, -0.2) is 25.4 Å². The van der Waals surface area contributed by atoms with E-state index >= 15 is 0 Å². The fourth-order valence-corrected chi connectivity index (χ4v) is 4.64. The minimum absolute atomic E-state index is 0.421. The third kappa shape index (κ3) is 20.3. The minimum Gasteiger partial charge on any atom is -0.449 e. The van der Waals surface area contributed by atoms with Crippen molar-refractivity contribution >= 4 is 23.6 Å². The Labute approximate surface area is 239 Å². The smallest absolute Gasteiger partial charge is 0.411 e. The zero-order valence-corrected chi connectivity index (χ0v) is 25.4. The molecule has 0 aromatic heterocycles. The lowest BCUT2D eigenvalue weighted by Crippen LogP contribution is -2.17. The summed E-state index contributed by atoms with van der Waals surface area (Å²) in [7, 11) is 0. The molecule has 0 aliphatic heterocycles. The highest BCUT2D eigenvalue weighted by Crippen LogP contribution is 2.21. The highest BCUT2D eigenvalue weighted by Gasteiger charge is 2.09. The van der Waals surface area contributed by atoms with Crippen molar-refractivity contribution in [1.29, 1.82) is 0 Å². The molecule has 0 heterocycles. The van der Waals surface area contributed by atoms with Gasteiger partial charge in [-0.05, 0) is 37.5 Å². The standard InChI is InChI=1S/C33H58N2O4/c1-4-6-8-10-12-14-16-18-20-22-26-38-32(36)34-30-25-24-29(3)31(28-30)35-33(37)39-27-23-21-19-17-15-13-11-9-7-5-2/h24-25,28H,4-23,26-27H2,1-3H3,(H,34,36)(H,35,37). The molecule has 0 radical (unpaired) electrons. The Balaban J connectivity index is 2.13. The van der Waals surface area contributed by atoms with Gasteiger partial charge in [0, 0.05) is 11.4 Å². The van der Waals surface area contributed by atoms with Gasteiger partial charge in [0.2, 0.25) is 0 Å². The fourth-order valence-electron chi connectivity index (χ4n) is 4.64. The number of aryl methyl sites for hydroxylation is 1. The van der Waals surface area contributed by atoms with Gasteiger partial charge in [0.25, 0.3) is 0 Å². The average molecular weight is 547 g/mol. The summed E-state index contributed by atoms with van der Waals surface area (Å²) in [5.41, 5.74) is 2.10. The van der Waals surface area contributed by atoms with Gasteiger partial charge < -0.3 is 9.47 Å². The summed E-state index contributed by atoms with van der Waals surface area (Å²) in [4.78, 5) is 24.4. The summed E-state index contributed by atoms with van der Waals surface area (Å²) in [5.74, 6) is 0. The lowest BCUT2D eigenvalue weighted by atomic mass is 10.1. The highest BCUT2D eigenvalue weighted by atomic mass is 16.6. The number of rotatable bonds is 24. The van der Waals surface area contributed by atoms with Gasteiger partial charge >= 0.3 is 12.2 Å². The largest absolute Gasteiger partial charge is 0.449 e. The van der Waals surface area contributed by atoms with Gasteiger partial charge in [-0.1, -0.05) is 135 Å². The van der Waals surface area contributed by atoms with Gasteiger partial charge in [-0.15, -0.1) is 0 Å². The molecule has 0 saturated heterocycles. The number of carbonyl (C=O) groups excluding carboxylic acids is 2. The SMILES string of the molecule is CCCCCCCCCCCCOC(=O)Nc1ccc(C)c(NC(=O)OCCCCCCCCCCCC)c1. The predicted octanol–water partition coefficient (Wildman–Crippen LogP) is 10.9. The molecule has 0 atom stereocenters. The van der Waals surface area contributed by atoms with E-state index in [0.29, 0.717) is 24.6 Å². The second-order valence-electron chi connectivity index (χ2n) is 10.9. The molecule has 0 bridgehead atoms. The Kier molecular flexibility index (Phi) is 22.1. The van der Waals surface area contributed by atoms with Crippen LogP contribution in [-0.2, 0) is 9.47 Å². The Bertz CT molecular complexity index is 753. The molecule has 224 valence electrons. The van der Waals surface area contributed by atoms with Crippen LogP contribution in [0.4, 0.5) is 21.0 Å². The van der Waals surface area contributed by atoms with Crippen LogP contribution in [0.3, 0.4) is 0 Å². The molecule has 0 aliphatic carbocycles. The number of ether oxygens (including phenoxy) is 2. The number of carbonyl (C=O) groups is 2. The van der Waals surface area contributed by atoms with Gasteiger partial charge in [-0.25, -0.2) is 9.59 Å². The molecule has 0 fully saturated rings. The summed E-state index contributed by atoms with van der Waals surface area (Å²) in [5, 5.41) is 5.55. The molecule has 0 spiro atoms. The number of hydrogen-bond donors (Lipinski definition) is 2. The second kappa shape index (κ2) is 24.8. The molecule has 2 amide bonds. The van der Waals surface area contributed by atoms with Gasteiger partial charge in [-0.3, -0.25) is 10.6 Å². The van der Waals surface area contributed by atoms with Crippen molar-refractivity contribution in [3.05, 3.63) is 23.8 Å². The van der Waals surface area contributed by atoms with Gasteiger partial charge in [0.05, 0.1) is 13.2 Å². The van der Waals surface area contributed by atoms with Crippen LogP contribution >= 0.6 is 0 Å². The number of anilines is 2. The van der Waals surface area contributed by atoms with Gasteiger partial charge in [-0.2, -0.15) is 0 Å². The molecule has 6 heteroatoms. The van der Waals surface area contributed by atoms with Crippen molar-refractivity contribution < 1.29 is 19.1 Å². The van der Waals surface area contributed by atoms with Crippen molar-refractivity contribution in [2.45, 2.75) is 149 Å². The first-order valence-corrected chi connectivity index (χ1v) is 16.0. The van der Waals surface area contributed by atoms with E-state index in [0.717, 1.165) is 31.2 Å². The van der Waals surface area contributed by atoms with Crippen LogP contribution in [0.15, 0.2) is 18.2 Å². The first-order valence-electron chi connectivity index (χ1n) is 16.0. The van der Waals surface area contributed by atoms with E-state index in [1.54, 1.807) is 12.1 Å². The quantitative estimate of drug-likeness (QED) is 0.126. The molecular formula is C33H58N2O4. The van der Waals surface area contributed by atoms with Crippen LogP contribution in [0, 0.1) is 6.92 Å². The topological polar surface area (TPSA) is 76.7 Å². The Morgan fingerprint density at radius 2 is 0.949 bits per heavy atom. The summed E-state index contributed by atoms with van der Waals surface area (Å²) < 4.78 is 10.7. The second-order valence-corrected chi connectivity index (χ2v) is 10.9. The molecule has 0 saturated carbocycles. The monoisotopic (exact) mass is 546 g/mol. The van der Waals surface area contributed by atoms with E-state index in [1.807, 2.05) is 13.0 Å². The summed E-state index contributed by atoms with van der Waals surface area (Å²) >= 11 is 0. The molecule has 1 rings (SSSR count). The van der Waals surface area contributed by atoms with Crippen molar-refractivity contribution in [2.24, 2.45) is 0 Å². The maximum Gasteiger partial charge on any atom is 0.411 e. The van der Waals surface area contributed by atoms with Crippen molar-refractivity contribution in [3.63, 3.8) is 0 Å². The summed E-state index contributed by atoms with van der Waals surface area (Å²) in [6.45, 7) is 7.24. The van der Waals surface area contributed by atoms with Crippen LogP contribution in [0.1, 0.15) is 148 Å². The minimum atomic E-state index is -0.468. The first-order chi connectivity index (χ1) is 19.1. The number of amides is 2. The zero-order chi connectivity index (χ0) is 28.4. The average Bonchev–Trinajstić information content (AvgIpc) is 2.92. The van der Waals surface area contributed by atoms with E-state index in [1.165, 1.54) is 103 Å². The zero-order valence-electron chi connectivity index (χ0n) is 25.4. The van der Waals surface area contributed by atoms with Crippen molar-refractivity contribution in [3.8, 4) is 0 Å². The van der Waals surface area contributed by atoms with Gasteiger partial charge in [0.15, 0.2) is 0 Å². The van der Waals surface area contributed by atoms with E-state index in [4.69, 9.17) is 9.47 Å². The number of benzene rings is 1. The highest BCUT2D eigenvalue weighted by molar-refractivity contribution is 5.89. The van der Waals surface area contributed by atoms with Crippen molar-refractivity contribution in [1.82, 2.24) is 0 Å². The van der Waals surface area contributed by atoms with Crippen LogP contribution in [0.25, 0.3) is 0 Å². The number of unbranched alkanes of at least 4 members (excludes halogenated alkanes) is 18. The Hall–Kier alpha value is -2.24. The predicted molar refractivity (Wildman–Crippen MR) is 165 cm³/mol. The van der Waals surface area contributed by atoms with E-state index in [2.05, 4.69) is 24.5 Å². The van der Waals surface area contributed by atoms with Crippen LogP contribution < -0.4 is 10.6 Å². The molecule has 0 unspecified atom stereocenters. The molecule has 39 heavy (non-hydrogen) atoms. The lowest BCUT2D eigenvalue weighted by Gasteiger charge is -2.12. The fraction of sp³-hybridized carbons (Fsp3) is 0.758. The molecule has 0 aliphatic rings. The van der Waals surface area contributed by atoms with E-state index in [9.17, 15) is 9.59 Å². The maximum absolute atomic E-state index is 12.2. The molecular weight excluding hydrogens is 488 g/mol. The van der Waals surface area contributed by atoms with E-state index < -0.39 is 12.2 Å². The van der Waals surface area contributed by atoms with Crippen molar-refractivity contribution in [2.75, 3.05) is 23.8 Å². The summed E-state index contributed by atoms with van der Waals surface area (Å²) in [6, 6.07) is 5.39. The summed E-state index contributed by atoms with van der Waals surface area (Å²) in [6.07, 6.45) is 23.9. The third-order valence-corrected chi connectivity index (χ3v) is 7.18. The maximum atomic E-state index is 12.2. The molecule has 6 nitrogen and oxygen atoms in total. The van der Waals surface area contributed by atoms with Crippen LogP contribution in [0.2, 0.25) is 0 Å². The Morgan fingerprint density at radius 1 is 0.564 bits per heavy atom. The molecule has 2 N–H and O–H groups in total. The normalized spacial score (nSPS) is 10.8. The lowest BCUT2D eigenvalue weighted by molar-refractivity contribution is 0.158. The first kappa shape index (κ1) is 34.8. The molecule has 1 aromatic rings. The van der Waals surface area contributed by atoms with Crippen LogP contribution in [0.5, 0.6) is 0 Å². The van der Waals surface area contributed by atoms with E-state index in [-0.39, 0.29) is 0 Å². The number of hydrogen-bond acceptors (Lipinski definition) is 4. The molecule has 1 aromatic carbocycles. The number of nitrogens with one attached hydrogen (secondary N) is 2. The third-order valence-electron chi connectivity index (χ3n) is 7.18.